The first-order valence-corrected chi connectivity index (χ1v) is 9.08. The van der Waals surface area contributed by atoms with Gasteiger partial charge in [0.05, 0.1) is 24.9 Å². The Balaban J connectivity index is 1.75. The third-order valence-electron chi connectivity index (χ3n) is 3.63. The number of benzene rings is 1. The van der Waals surface area contributed by atoms with Gasteiger partial charge in [0.15, 0.2) is 11.5 Å². The van der Waals surface area contributed by atoms with Crippen molar-refractivity contribution < 1.29 is 14.3 Å². The van der Waals surface area contributed by atoms with E-state index in [-0.39, 0.29) is 6.03 Å². The van der Waals surface area contributed by atoms with Gasteiger partial charge in [0.25, 0.3) is 0 Å². The van der Waals surface area contributed by atoms with Gasteiger partial charge in [-0.3, -0.25) is 0 Å². The lowest BCUT2D eigenvalue weighted by Crippen LogP contribution is -2.36. The molecule has 136 valence electrons. The number of carbonyl (C=O) groups is 1. The average Bonchev–Trinajstić information content (AvgIpc) is 3.09. The van der Waals surface area contributed by atoms with Crippen LogP contribution in [0.2, 0.25) is 0 Å². The Bertz CT molecular complexity index is 701. The second-order valence-electron chi connectivity index (χ2n) is 5.88. The molecule has 25 heavy (non-hydrogen) atoms. The molecule has 2 aromatic rings. The summed E-state index contributed by atoms with van der Waals surface area (Å²) in [5.41, 5.74) is 1.96. The summed E-state index contributed by atoms with van der Waals surface area (Å²) in [5, 5.41) is 8.87. The molecule has 6 nitrogen and oxygen atoms in total. The van der Waals surface area contributed by atoms with Gasteiger partial charge in [-0.15, -0.1) is 11.3 Å². The van der Waals surface area contributed by atoms with E-state index in [2.05, 4.69) is 34.8 Å². The van der Waals surface area contributed by atoms with Gasteiger partial charge in [-0.1, -0.05) is 19.9 Å². The molecule has 1 heterocycles. The van der Waals surface area contributed by atoms with Gasteiger partial charge in [0.2, 0.25) is 0 Å². The first-order valence-electron chi connectivity index (χ1n) is 8.20. The van der Waals surface area contributed by atoms with Crippen molar-refractivity contribution >= 4 is 17.4 Å². The van der Waals surface area contributed by atoms with Crippen LogP contribution in [0.5, 0.6) is 11.5 Å². The van der Waals surface area contributed by atoms with Crippen molar-refractivity contribution in [3.63, 3.8) is 0 Å². The number of methoxy groups -OCH3 is 2. The summed E-state index contributed by atoms with van der Waals surface area (Å²) < 4.78 is 10.5. The maximum atomic E-state index is 11.9. The fraction of sp³-hybridized carbons (Fsp3) is 0.444. The van der Waals surface area contributed by atoms with Gasteiger partial charge in [-0.25, -0.2) is 9.78 Å². The molecule has 0 bridgehead atoms. The highest BCUT2D eigenvalue weighted by Crippen LogP contribution is 2.27. The van der Waals surface area contributed by atoms with Crippen molar-refractivity contribution in [2.75, 3.05) is 20.8 Å². The van der Waals surface area contributed by atoms with Crippen molar-refractivity contribution in [3.8, 4) is 11.5 Å². The van der Waals surface area contributed by atoms with Gasteiger partial charge in [-0.05, 0) is 17.7 Å². The number of nitrogens with zero attached hydrogens (tertiary/aromatic N) is 1. The van der Waals surface area contributed by atoms with Crippen LogP contribution in [0.15, 0.2) is 23.6 Å². The van der Waals surface area contributed by atoms with Crippen molar-refractivity contribution in [1.82, 2.24) is 15.6 Å². The van der Waals surface area contributed by atoms with E-state index in [0.717, 1.165) is 22.7 Å². The van der Waals surface area contributed by atoms with E-state index in [0.29, 0.717) is 30.5 Å². The lowest BCUT2D eigenvalue weighted by atomic mass is 10.2. The molecule has 1 aromatic carbocycles. The molecule has 0 aliphatic carbocycles. The molecule has 0 aliphatic rings. The van der Waals surface area contributed by atoms with Crippen molar-refractivity contribution in [3.05, 3.63) is 39.8 Å². The molecule has 0 radical (unpaired) electrons. The minimum absolute atomic E-state index is 0.200. The van der Waals surface area contributed by atoms with Crippen LogP contribution in [0.25, 0.3) is 0 Å². The standard InChI is InChI=1S/C18H25N3O3S/c1-12(2)17-21-14(11-25-17)7-8-19-18(22)20-10-13-5-6-15(23-3)16(9-13)24-4/h5-6,9,11-12H,7-8,10H2,1-4H3,(H2,19,20,22). The molecule has 0 fully saturated rings. The lowest BCUT2D eigenvalue weighted by Gasteiger charge is -2.11. The number of ether oxygens (including phenoxy) is 2. The van der Waals surface area contributed by atoms with E-state index < -0.39 is 0 Å². The third-order valence-corrected chi connectivity index (χ3v) is 4.83. The lowest BCUT2D eigenvalue weighted by molar-refractivity contribution is 0.240. The van der Waals surface area contributed by atoms with Gasteiger partial charge < -0.3 is 20.1 Å². The maximum absolute atomic E-state index is 11.9. The maximum Gasteiger partial charge on any atom is 0.315 e. The van der Waals surface area contributed by atoms with E-state index >= 15 is 0 Å². The highest BCUT2D eigenvalue weighted by molar-refractivity contribution is 7.09. The molecule has 0 saturated carbocycles. The van der Waals surface area contributed by atoms with Crippen molar-refractivity contribution in [2.45, 2.75) is 32.7 Å². The first kappa shape index (κ1) is 19.1. The van der Waals surface area contributed by atoms with Crippen LogP contribution in [-0.2, 0) is 13.0 Å². The molecule has 2 N–H and O–H groups in total. The zero-order valence-corrected chi connectivity index (χ0v) is 15.9. The summed E-state index contributed by atoms with van der Waals surface area (Å²) in [4.78, 5) is 16.5. The minimum atomic E-state index is -0.200. The summed E-state index contributed by atoms with van der Waals surface area (Å²) in [5.74, 6) is 1.75. The molecule has 7 heteroatoms. The van der Waals surface area contributed by atoms with Gasteiger partial charge in [0, 0.05) is 30.8 Å². The quantitative estimate of drug-likeness (QED) is 0.755. The largest absolute Gasteiger partial charge is 0.493 e. The Kier molecular flexibility index (Phi) is 7.06. The van der Waals surface area contributed by atoms with E-state index in [4.69, 9.17) is 9.47 Å². The number of amides is 2. The van der Waals surface area contributed by atoms with Crippen LogP contribution in [0.4, 0.5) is 4.79 Å². The molecule has 0 aliphatic heterocycles. The number of urea groups is 1. The Morgan fingerprint density at radius 1 is 1.20 bits per heavy atom. The monoisotopic (exact) mass is 363 g/mol. The summed E-state index contributed by atoms with van der Waals surface area (Å²) in [7, 11) is 3.18. The summed E-state index contributed by atoms with van der Waals surface area (Å²) >= 11 is 1.67. The Labute approximate surface area is 152 Å². The number of carbonyl (C=O) groups excluding carboxylic acids is 1. The summed E-state index contributed by atoms with van der Waals surface area (Å²) in [6, 6.07) is 5.36. The third kappa shape index (κ3) is 5.63. The molecular weight excluding hydrogens is 338 g/mol. The van der Waals surface area contributed by atoms with E-state index in [1.54, 1.807) is 25.6 Å². The molecule has 2 rings (SSSR count). The van der Waals surface area contributed by atoms with Crippen LogP contribution >= 0.6 is 11.3 Å². The predicted molar refractivity (Wildman–Crippen MR) is 99.7 cm³/mol. The van der Waals surface area contributed by atoms with Crippen LogP contribution in [0.3, 0.4) is 0 Å². The van der Waals surface area contributed by atoms with Crippen LogP contribution in [0, 0.1) is 0 Å². The smallest absolute Gasteiger partial charge is 0.315 e. The molecule has 0 spiro atoms. The molecule has 1 aromatic heterocycles. The average molecular weight is 363 g/mol. The van der Waals surface area contributed by atoms with Crippen molar-refractivity contribution in [1.29, 1.82) is 0 Å². The number of thiazole rings is 1. The summed E-state index contributed by atoms with van der Waals surface area (Å²) in [6.07, 6.45) is 0.729. The molecule has 0 saturated heterocycles. The molecule has 0 unspecified atom stereocenters. The molecule has 2 amide bonds. The van der Waals surface area contributed by atoms with E-state index in [9.17, 15) is 4.79 Å². The molecular formula is C18H25N3O3S. The second-order valence-corrected chi connectivity index (χ2v) is 6.77. The predicted octanol–water partition coefficient (Wildman–Crippen LogP) is 3.33. The highest BCUT2D eigenvalue weighted by Gasteiger charge is 2.08. The molecule has 0 atom stereocenters. The van der Waals surface area contributed by atoms with Gasteiger partial charge in [0.1, 0.15) is 0 Å². The first-order chi connectivity index (χ1) is 12.0. The number of hydrogen-bond acceptors (Lipinski definition) is 5. The minimum Gasteiger partial charge on any atom is -0.493 e. The van der Waals surface area contributed by atoms with Gasteiger partial charge in [-0.2, -0.15) is 0 Å². The van der Waals surface area contributed by atoms with Crippen molar-refractivity contribution in [2.24, 2.45) is 0 Å². The highest BCUT2D eigenvalue weighted by atomic mass is 32.1. The number of rotatable bonds is 8. The number of aromatic nitrogens is 1. The van der Waals surface area contributed by atoms with Crippen LogP contribution in [0.1, 0.15) is 36.0 Å². The zero-order chi connectivity index (χ0) is 18.2. The summed E-state index contributed by atoms with van der Waals surface area (Å²) in [6.45, 7) is 5.23. The Hall–Kier alpha value is -2.28. The van der Waals surface area contributed by atoms with Crippen LogP contribution in [-0.4, -0.2) is 31.8 Å². The fourth-order valence-corrected chi connectivity index (χ4v) is 3.11. The number of nitrogens with one attached hydrogen (secondary N) is 2. The SMILES string of the molecule is COc1ccc(CNC(=O)NCCc2csc(C(C)C)n2)cc1OC. The second kappa shape index (κ2) is 9.27. The van der Waals surface area contributed by atoms with Gasteiger partial charge >= 0.3 is 6.03 Å². The number of hydrogen-bond donors (Lipinski definition) is 2. The zero-order valence-electron chi connectivity index (χ0n) is 15.1. The Morgan fingerprint density at radius 2 is 1.96 bits per heavy atom. The Morgan fingerprint density at radius 3 is 2.60 bits per heavy atom. The van der Waals surface area contributed by atoms with Crippen LogP contribution < -0.4 is 20.1 Å². The fourth-order valence-electron chi connectivity index (χ4n) is 2.24. The normalized spacial score (nSPS) is 10.6. The van der Waals surface area contributed by atoms with E-state index in [1.807, 2.05) is 18.2 Å². The van der Waals surface area contributed by atoms with E-state index in [1.165, 1.54) is 0 Å². The topological polar surface area (TPSA) is 72.5 Å².